The standard InChI is InChI=1S/C27H33NO6/c1-16(2)33-21-10-7-19(8-11-21)24-23(26(30)27(31)28(24)13-14-32-6)25(29)20-9-12-22(18(5)15-20)34-17(3)4/h7-12,15-17,24,29H,13-14H2,1-6H3/b25-23-. The van der Waals surface area contributed by atoms with E-state index in [1.54, 1.807) is 30.3 Å². The summed E-state index contributed by atoms with van der Waals surface area (Å²) < 4.78 is 16.7. The molecule has 3 rings (SSSR count). The highest BCUT2D eigenvalue weighted by Crippen LogP contribution is 2.40. The third kappa shape index (κ3) is 5.42. The number of aliphatic hydroxyl groups excluding tert-OH is 1. The highest BCUT2D eigenvalue weighted by molar-refractivity contribution is 6.46. The van der Waals surface area contributed by atoms with Crippen LogP contribution in [-0.2, 0) is 14.3 Å². The molecule has 1 amide bonds. The van der Waals surface area contributed by atoms with Gasteiger partial charge in [-0.3, -0.25) is 9.59 Å². The van der Waals surface area contributed by atoms with Gasteiger partial charge in [-0.25, -0.2) is 0 Å². The molecule has 0 aliphatic carbocycles. The molecule has 1 saturated heterocycles. The Labute approximate surface area is 200 Å². The number of Topliss-reactive ketones (excluding diaryl/α,β-unsaturated/α-hetero) is 1. The Hall–Kier alpha value is -3.32. The third-order valence-corrected chi connectivity index (χ3v) is 5.45. The second-order valence-corrected chi connectivity index (χ2v) is 8.87. The monoisotopic (exact) mass is 467 g/mol. The number of ether oxygens (including phenoxy) is 3. The Morgan fingerprint density at radius 1 is 1.00 bits per heavy atom. The molecule has 0 spiro atoms. The number of nitrogens with zero attached hydrogens (tertiary/aromatic N) is 1. The molecule has 0 radical (unpaired) electrons. The van der Waals surface area contributed by atoms with Crippen molar-refractivity contribution in [2.24, 2.45) is 0 Å². The van der Waals surface area contributed by atoms with E-state index in [0.29, 0.717) is 22.6 Å². The van der Waals surface area contributed by atoms with Crippen LogP contribution in [0.15, 0.2) is 48.0 Å². The first-order valence-corrected chi connectivity index (χ1v) is 11.5. The van der Waals surface area contributed by atoms with Gasteiger partial charge in [-0.1, -0.05) is 12.1 Å². The van der Waals surface area contributed by atoms with E-state index in [2.05, 4.69) is 0 Å². The molecule has 0 bridgehead atoms. The van der Waals surface area contributed by atoms with Crippen LogP contribution in [0, 0.1) is 6.92 Å². The maximum absolute atomic E-state index is 13.1. The quantitative estimate of drug-likeness (QED) is 0.329. The van der Waals surface area contributed by atoms with Crippen LogP contribution in [0.5, 0.6) is 11.5 Å². The van der Waals surface area contributed by atoms with Crippen LogP contribution in [0.2, 0.25) is 0 Å². The summed E-state index contributed by atoms with van der Waals surface area (Å²) in [7, 11) is 1.53. The fraction of sp³-hybridized carbons (Fsp3) is 0.407. The van der Waals surface area contributed by atoms with Crippen LogP contribution in [0.1, 0.15) is 50.4 Å². The summed E-state index contributed by atoms with van der Waals surface area (Å²) in [5.74, 6) is -0.220. The van der Waals surface area contributed by atoms with Gasteiger partial charge in [0.1, 0.15) is 17.3 Å². The number of carbonyl (C=O) groups excluding carboxylic acids is 2. The van der Waals surface area contributed by atoms with Gasteiger partial charge in [0.25, 0.3) is 11.7 Å². The van der Waals surface area contributed by atoms with Gasteiger partial charge in [0, 0.05) is 19.2 Å². The number of methoxy groups -OCH3 is 1. The Morgan fingerprint density at radius 3 is 2.21 bits per heavy atom. The van der Waals surface area contributed by atoms with Crippen LogP contribution in [0.4, 0.5) is 0 Å². The summed E-state index contributed by atoms with van der Waals surface area (Å²) >= 11 is 0. The molecule has 2 aromatic rings. The molecule has 7 heteroatoms. The molecule has 1 N–H and O–H groups in total. The molecule has 1 atom stereocenters. The molecular formula is C27H33NO6. The first kappa shape index (κ1) is 25.3. The molecule has 1 heterocycles. The molecular weight excluding hydrogens is 434 g/mol. The lowest BCUT2D eigenvalue weighted by atomic mass is 9.94. The molecule has 1 fully saturated rings. The van der Waals surface area contributed by atoms with E-state index in [1.165, 1.54) is 12.0 Å². The Bertz CT molecular complexity index is 1070. The number of hydrogen-bond acceptors (Lipinski definition) is 6. The van der Waals surface area contributed by atoms with Gasteiger partial charge in [0.2, 0.25) is 0 Å². The van der Waals surface area contributed by atoms with Crippen molar-refractivity contribution < 1.29 is 28.9 Å². The number of likely N-dealkylation sites (tertiary alicyclic amines) is 1. The predicted molar refractivity (Wildman–Crippen MR) is 130 cm³/mol. The lowest BCUT2D eigenvalue weighted by molar-refractivity contribution is -0.140. The highest BCUT2D eigenvalue weighted by Gasteiger charge is 2.45. The van der Waals surface area contributed by atoms with Crippen LogP contribution < -0.4 is 9.47 Å². The number of amides is 1. The Morgan fingerprint density at radius 2 is 1.65 bits per heavy atom. The number of rotatable bonds is 9. The molecule has 0 aromatic heterocycles. The van der Waals surface area contributed by atoms with Crippen molar-refractivity contribution in [1.82, 2.24) is 4.90 Å². The number of carbonyl (C=O) groups is 2. The summed E-state index contributed by atoms with van der Waals surface area (Å²) in [6, 6.07) is 11.7. The normalized spacial score (nSPS) is 17.6. The van der Waals surface area contributed by atoms with Gasteiger partial charge in [0.05, 0.1) is 30.4 Å². The Balaban J connectivity index is 2.08. The fourth-order valence-corrected chi connectivity index (χ4v) is 3.99. The second kappa shape index (κ2) is 10.7. The van der Waals surface area contributed by atoms with Gasteiger partial charge in [-0.2, -0.15) is 0 Å². The summed E-state index contributed by atoms with van der Waals surface area (Å²) in [5.41, 5.74) is 2.02. The SMILES string of the molecule is COCCN1C(=O)C(=O)/C(=C(\O)c2ccc(OC(C)C)c(C)c2)C1c1ccc(OC(C)C)cc1. The topological polar surface area (TPSA) is 85.3 Å². The van der Waals surface area contributed by atoms with E-state index < -0.39 is 17.7 Å². The van der Waals surface area contributed by atoms with Crippen molar-refractivity contribution in [2.45, 2.75) is 52.9 Å². The van der Waals surface area contributed by atoms with Crippen LogP contribution in [-0.4, -0.2) is 54.2 Å². The largest absolute Gasteiger partial charge is 0.507 e. The molecule has 2 aromatic carbocycles. The van der Waals surface area contributed by atoms with Crippen molar-refractivity contribution in [3.05, 3.63) is 64.7 Å². The smallest absolute Gasteiger partial charge is 0.295 e. The zero-order valence-corrected chi connectivity index (χ0v) is 20.6. The molecule has 34 heavy (non-hydrogen) atoms. The van der Waals surface area contributed by atoms with Gasteiger partial charge < -0.3 is 24.2 Å². The minimum Gasteiger partial charge on any atom is -0.507 e. The van der Waals surface area contributed by atoms with Crippen molar-refractivity contribution >= 4 is 17.4 Å². The number of aryl methyl sites for hydroxylation is 1. The minimum atomic E-state index is -0.741. The first-order valence-electron chi connectivity index (χ1n) is 11.5. The molecule has 1 unspecified atom stereocenters. The minimum absolute atomic E-state index is 0.00639. The van der Waals surface area contributed by atoms with Crippen LogP contribution in [0.25, 0.3) is 5.76 Å². The van der Waals surface area contributed by atoms with Crippen LogP contribution in [0.3, 0.4) is 0 Å². The van der Waals surface area contributed by atoms with E-state index in [9.17, 15) is 14.7 Å². The highest BCUT2D eigenvalue weighted by atomic mass is 16.5. The number of benzene rings is 2. The van der Waals surface area contributed by atoms with Crippen molar-refractivity contribution in [2.75, 3.05) is 20.3 Å². The maximum atomic E-state index is 13.1. The number of ketones is 1. The van der Waals surface area contributed by atoms with Gasteiger partial charge in [-0.05, 0) is 76.1 Å². The van der Waals surface area contributed by atoms with E-state index in [-0.39, 0.29) is 36.7 Å². The zero-order chi connectivity index (χ0) is 25.0. The maximum Gasteiger partial charge on any atom is 0.295 e. The molecule has 7 nitrogen and oxygen atoms in total. The van der Waals surface area contributed by atoms with Crippen LogP contribution >= 0.6 is 0 Å². The number of aliphatic hydroxyl groups is 1. The van der Waals surface area contributed by atoms with Crippen molar-refractivity contribution in [1.29, 1.82) is 0 Å². The predicted octanol–water partition coefficient (Wildman–Crippen LogP) is 4.64. The lowest BCUT2D eigenvalue weighted by Gasteiger charge is -2.25. The molecule has 0 saturated carbocycles. The van der Waals surface area contributed by atoms with E-state index >= 15 is 0 Å². The third-order valence-electron chi connectivity index (χ3n) is 5.45. The summed E-state index contributed by atoms with van der Waals surface area (Å²) in [5, 5.41) is 11.2. The van der Waals surface area contributed by atoms with Gasteiger partial charge in [-0.15, -0.1) is 0 Å². The first-order chi connectivity index (χ1) is 16.1. The van der Waals surface area contributed by atoms with Gasteiger partial charge in [0.15, 0.2) is 0 Å². The molecule has 182 valence electrons. The average molecular weight is 468 g/mol. The average Bonchev–Trinajstić information content (AvgIpc) is 3.03. The number of hydrogen-bond donors (Lipinski definition) is 1. The van der Waals surface area contributed by atoms with E-state index in [0.717, 1.165) is 5.56 Å². The van der Waals surface area contributed by atoms with Gasteiger partial charge >= 0.3 is 0 Å². The lowest BCUT2D eigenvalue weighted by Crippen LogP contribution is -2.32. The molecule has 1 aliphatic heterocycles. The van der Waals surface area contributed by atoms with Crippen molar-refractivity contribution in [3.8, 4) is 11.5 Å². The van der Waals surface area contributed by atoms with Crippen molar-refractivity contribution in [3.63, 3.8) is 0 Å². The fourth-order valence-electron chi connectivity index (χ4n) is 3.99. The van der Waals surface area contributed by atoms with E-state index in [1.807, 2.05) is 46.8 Å². The summed E-state index contributed by atoms with van der Waals surface area (Å²) in [6.07, 6.45) is 0.0241. The Kier molecular flexibility index (Phi) is 7.99. The summed E-state index contributed by atoms with van der Waals surface area (Å²) in [6.45, 7) is 10.1. The molecule has 1 aliphatic rings. The zero-order valence-electron chi connectivity index (χ0n) is 20.6. The summed E-state index contributed by atoms with van der Waals surface area (Å²) in [4.78, 5) is 27.5. The van der Waals surface area contributed by atoms with E-state index in [4.69, 9.17) is 14.2 Å². The second-order valence-electron chi connectivity index (χ2n) is 8.87.